The maximum atomic E-state index is 12.5. The molecule has 2 fully saturated rings. The van der Waals surface area contributed by atoms with Crippen LogP contribution >= 0.6 is 0 Å². The molecular formula is C22H26F3N3O5. The SMILES string of the molecule is CN(Cc1cccnc1)C1COC2(CCN(C(=O)c3ccoc3)CC2)C1.O=C(O)C(F)(F)F. The van der Waals surface area contributed by atoms with Crippen LogP contribution < -0.4 is 0 Å². The average molecular weight is 469 g/mol. The van der Waals surface area contributed by atoms with Crippen LogP contribution in [0.1, 0.15) is 35.2 Å². The van der Waals surface area contributed by atoms with Crippen molar-refractivity contribution < 1.29 is 37.0 Å². The molecule has 0 aliphatic carbocycles. The number of likely N-dealkylation sites (N-methyl/N-ethyl adjacent to an activating group) is 1. The third kappa shape index (κ3) is 6.55. The summed E-state index contributed by atoms with van der Waals surface area (Å²) in [4.78, 5) is 29.8. The Labute approximate surface area is 188 Å². The zero-order valence-corrected chi connectivity index (χ0v) is 18.1. The maximum absolute atomic E-state index is 12.5. The number of carboxylic acid groups (broad SMARTS) is 1. The van der Waals surface area contributed by atoms with E-state index in [0.717, 1.165) is 45.5 Å². The van der Waals surface area contributed by atoms with Crippen LogP contribution in [-0.4, -0.2) is 76.3 Å². The Bertz CT molecular complexity index is 913. The molecule has 33 heavy (non-hydrogen) atoms. The zero-order chi connectivity index (χ0) is 24.1. The molecule has 1 N–H and O–H groups in total. The van der Waals surface area contributed by atoms with Crippen LogP contribution in [0, 0.1) is 0 Å². The van der Waals surface area contributed by atoms with Crippen LogP contribution in [0.15, 0.2) is 47.5 Å². The zero-order valence-electron chi connectivity index (χ0n) is 18.1. The van der Waals surface area contributed by atoms with Gasteiger partial charge in [0.15, 0.2) is 0 Å². The lowest BCUT2D eigenvalue weighted by molar-refractivity contribution is -0.192. The lowest BCUT2D eigenvalue weighted by atomic mass is 9.87. The smallest absolute Gasteiger partial charge is 0.475 e. The summed E-state index contributed by atoms with van der Waals surface area (Å²) in [6, 6.07) is 6.21. The Hall–Kier alpha value is -2.92. The first-order valence-corrected chi connectivity index (χ1v) is 10.4. The molecule has 0 saturated carbocycles. The van der Waals surface area contributed by atoms with E-state index >= 15 is 0 Å². The van der Waals surface area contributed by atoms with Gasteiger partial charge in [0, 0.05) is 38.1 Å². The van der Waals surface area contributed by atoms with E-state index in [-0.39, 0.29) is 11.5 Å². The molecule has 2 aromatic heterocycles. The number of aliphatic carboxylic acids is 1. The van der Waals surface area contributed by atoms with Crippen molar-refractivity contribution >= 4 is 11.9 Å². The number of carbonyl (C=O) groups excluding carboxylic acids is 1. The average Bonchev–Trinajstić information content (AvgIpc) is 3.45. The molecule has 2 aliphatic heterocycles. The molecule has 0 bridgehead atoms. The molecule has 1 unspecified atom stereocenters. The third-order valence-corrected chi connectivity index (χ3v) is 5.94. The van der Waals surface area contributed by atoms with Crippen molar-refractivity contribution in [1.82, 2.24) is 14.8 Å². The Kier molecular flexibility index (Phi) is 7.75. The number of ether oxygens (including phenoxy) is 1. The van der Waals surface area contributed by atoms with Gasteiger partial charge in [-0.2, -0.15) is 13.2 Å². The first-order valence-electron chi connectivity index (χ1n) is 10.4. The van der Waals surface area contributed by atoms with E-state index in [9.17, 15) is 18.0 Å². The second-order valence-corrected chi connectivity index (χ2v) is 8.24. The van der Waals surface area contributed by atoms with E-state index in [0.29, 0.717) is 11.6 Å². The minimum Gasteiger partial charge on any atom is -0.475 e. The summed E-state index contributed by atoms with van der Waals surface area (Å²) in [6.07, 6.45) is 4.51. The number of carboxylic acids is 1. The fraction of sp³-hybridized carbons (Fsp3) is 0.500. The summed E-state index contributed by atoms with van der Waals surface area (Å²) in [5.41, 5.74) is 1.76. The fourth-order valence-corrected chi connectivity index (χ4v) is 4.05. The van der Waals surface area contributed by atoms with Crippen molar-refractivity contribution in [2.75, 3.05) is 26.7 Å². The number of aromatic nitrogens is 1. The van der Waals surface area contributed by atoms with Gasteiger partial charge in [-0.05, 0) is 44.0 Å². The highest BCUT2D eigenvalue weighted by molar-refractivity contribution is 5.93. The van der Waals surface area contributed by atoms with Crippen molar-refractivity contribution in [3.8, 4) is 0 Å². The molecule has 2 saturated heterocycles. The van der Waals surface area contributed by atoms with Crippen LogP contribution in [0.3, 0.4) is 0 Å². The van der Waals surface area contributed by atoms with Crippen LogP contribution in [-0.2, 0) is 16.1 Å². The summed E-state index contributed by atoms with van der Waals surface area (Å²) >= 11 is 0. The predicted molar refractivity (Wildman–Crippen MR) is 110 cm³/mol. The highest BCUT2D eigenvalue weighted by Crippen LogP contribution is 2.38. The quantitative estimate of drug-likeness (QED) is 0.735. The number of rotatable bonds is 4. The van der Waals surface area contributed by atoms with E-state index in [1.54, 1.807) is 18.5 Å². The molecule has 8 nitrogen and oxygen atoms in total. The number of hydrogen-bond donors (Lipinski definition) is 1. The van der Waals surface area contributed by atoms with Gasteiger partial charge in [0.25, 0.3) is 5.91 Å². The Morgan fingerprint density at radius 2 is 2.00 bits per heavy atom. The van der Waals surface area contributed by atoms with Crippen molar-refractivity contribution in [2.45, 2.75) is 43.6 Å². The standard InChI is InChI=1S/C20H25N3O3.C2HF3O2/c1-22(13-16-3-2-7-21-12-16)18-11-20(26-15-18)5-8-23(9-6-20)19(24)17-4-10-25-14-17;3-2(4,5)1(6)7/h2-4,7,10,12,14,18H,5-6,8-9,11,13,15H2,1H3;(H,6,7). The van der Waals surface area contributed by atoms with Gasteiger partial charge in [0.1, 0.15) is 6.26 Å². The third-order valence-electron chi connectivity index (χ3n) is 5.94. The van der Waals surface area contributed by atoms with E-state index in [4.69, 9.17) is 19.1 Å². The van der Waals surface area contributed by atoms with E-state index in [2.05, 4.69) is 23.0 Å². The topological polar surface area (TPSA) is 96.1 Å². The number of carbonyl (C=O) groups is 2. The predicted octanol–water partition coefficient (Wildman–Crippen LogP) is 3.20. The number of furan rings is 1. The number of alkyl halides is 3. The molecule has 4 rings (SSSR count). The number of halogens is 3. The molecule has 180 valence electrons. The van der Waals surface area contributed by atoms with Crippen LogP contribution in [0.2, 0.25) is 0 Å². The van der Waals surface area contributed by atoms with Crippen molar-refractivity contribution in [1.29, 1.82) is 0 Å². The molecule has 1 atom stereocenters. The number of amides is 1. The second kappa shape index (κ2) is 10.3. The minimum absolute atomic E-state index is 0.0526. The summed E-state index contributed by atoms with van der Waals surface area (Å²) in [5, 5.41) is 7.12. The first kappa shape index (κ1) is 24.7. The van der Waals surface area contributed by atoms with Gasteiger partial charge in [-0.1, -0.05) is 6.07 Å². The summed E-state index contributed by atoms with van der Waals surface area (Å²) in [7, 11) is 2.15. The summed E-state index contributed by atoms with van der Waals surface area (Å²) in [6.45, 7) is 3.11. The minimum atomic E-state index is -5.08. The molecule has 2 aliphatic rings. The van der Waals surface area contributed by atoms with Crippen molar-refractivity contribution in [3.05, 3.63) is 54.2 Å². The lowest BCUT2D eigenvalue weighted by Crippen LogP contribution is -2.47. The van der Waals surface area contributed by atoms with Crippen LogP contribution in [0.4, 0.5) is 13.2 Å². The molecule has 0 aromatic carbocycles. The number of pyridine rings is 1. The molecule has 11 heteroatoms. The van der Waals surface area contributed by atoms with Gasteiger partial charge < -0.3 is 19.2 Å². The van der Waals surface area contributed by atoms with E-state index in [1.165, 1.54) is 11.8 Å². The molecule has 4 heterocycles. The molecular weight excluding hydrogens is 443 g/mol. The number of nitrogens with zero attached hydrogens (tertiary/aromatic N) is 3. The van der Waals surface area contributed by atoms with Crippen molar-refractivity contribution in [2.24, 2.45) is 0 Å². The fourth-order valence-electron chi connectivity index (χ4n) is 4.05. The van der Waals surface area contributed by atoms with Crippen LogP contribution in [0.25, 0.3) is 0 Å². The normalized spacial score (nSPS) is 19.9. The van der Waals surface area contributed by atoms with Gasteiger partial charge in [0.05, 0.1) is 24.0 Å². The lowest BCUT2D eigenvalue weighted by Gasteiger charge is -2.38. The van der Waals surface area contributed by atoms with E-state index < -0.39 is 12.1 Å². The monoisotopic (exact) mass is 469 g/mol. The highest BCUT2D eigenvalue weighted by atomic mass is 19.4. The Balaban J connectivity index is 0.000000383. The number of hydrogen-bond acceptors (Lipinski definition) is 6. The summed E-state index contributed by atoms with van der Waals surface area (Å²) < 4.78 is 43.0. The molecule has 1 amide bonds. The highest BCUT2D eigenvalue weighted by Gasteiger charge is 2.44. The van der Waals surface area contributed by atoms with Gasteiger partial charge in [-0.15, -0.1) is 0 Å². The van der Waals surface area contributed by atoms with Gasteiger partial charge in [-0.25, -0.2) is 4.79 Å². The van der Waals surface area contributed by atoms with Gasteiger partial charge in [0.2, 0.25) is 0 Å². The number of piperidine rings is 1. The molecule has 0 radical (unpaired) electrons. The maximum Gasteiger partial charge on any atom is 0.490 e. The van der Waals surface area contributed by atoms with E-state index in [1.807, 2.05) is 17.2 Å². The molecule has 2 aromatic rings. The Morgan fingerprint density at radius 1 is 1.30 bits per heavy atom. The largest absolute Gasteiger partial charge is 0.490 e. The van der Waals surface area contributed by atoms with Gasteiger partial charge >= 0.3 is 12.1 Å². The van der Waals surface area contributed by atoms with Gasteiger partial charge in [-0.3, -0.25) is 14.7 Å². The number of likely N-dealkylation sites (tertiary alicyclic amines) is 1. The second-order valence-electron chi connectivity index (χ2n) is 8.24. The molecule has 1 spiro atoms. The Morgan fingerprint density at radius 3 is 2.55 bits per heavy atom. The van der Waals surface area contributed by atoms with Crippen molar-refractivity contribution in [3.63, 3.8) is 0 Å². The first-order chi connectivity index (χ1) is 15.6. The van der Waals surface area contributed by atoms with Crippen LogP contribution in [0.5, 0.6) is 0 Å². The summed E-state index contributed by atoms with van der Waals surface area (Å²) in [5.74, 6) is -2.70.